The number of alkyl halides is 3. The van der Waals surface area contributed by atoms with Crippen LogP contribution in [0.4, 0.5) is 24.9 Å². The van der Waals surface area contributed by atoms with Gasteiger partial charge in [-0.1, -0.05) is 19.9 Å². The smallest absolute Gasteiger partial charge is 0.421 e. The summed E-state index contributed by atoms with van der Waals surface area (Å²) in [5, 5.41) is 15.6. The van der Waals surface area contributed by atoms with Crippen molar-refractivity contribution in [3.05, 3.63) is 35.7 Å². The normalized spacial score (nSPS) is 20.7. The van der Waals surface area contributed by atoms with E-state index in [4.69, 9.17) is 4.74 Å². The number of hydrogen-bond acceptors (Lipinski definition) is 7. The first kappa shape index (κ1) is 21.1. The summed E-state index contributed by atoms with van der Waals surface area (Å²) in [6.07, 6.45) is -2.47. The molecular formula is C19H24F3N5O2. The molecule has 2 atom stereocenters. The Bertz CT molecular complexity index is 860. The highest BCUT2D eigenvalue weighted by Gasteiger charge is 2.48. The van der Waals surface area contributed by atoms with E-state index in [1.165, 1.54) is 0 Å². The fraction of sp³-hybridized carbons (Fsp3) is 0.526. The molecule has 0 spiro atoms. The quantitative estimate of drug-likeness (QED) is 0.642. The molecule has 0 unspecified atom stereocenters. The first-order valence-corrected chi connectivity index (χ1v) is 9.32. The fourth-order valence-corrected chi connectivity index (χ4v) is 3.10. The summed E-state index contributed by atoms with van der Waals surface area (Å²) in [4.78, 5) is 12.0. The molecule has 1 aliphatic carbocycles. The van der Waals surface area contributed by atoms with E-state index < -0.39 is 23.3 Å². The van der Waals surface area contributed by atoms with Gasteiger partial charge in [0.05, 0.1) is 12.7 Å². The van der Waals surface area contributed by atoms with Crippen LogP contribution >= 0.6 is 0 Å². The summed E-state index contributed by atoms with van der Waals surface area (Å²) in [7, 11) is 0. The van der Waals surface area contributed by atoms with Gasteiger partial charge >= 0.3 is 6.18 Å². The molecule has 1 saturated carbocycles. The van der Waals surface area contributed by atoms with E-state index in [1.54, 1.807) is 32.2 Å². The minimum Gasteiger partial charge on any atom is -0.478 e. The van der Waals surface area contributed by atoms with Crippen LogP contribution in [0.3, 0.4) is 0 Å². The molecule has 10 heteroatoms. The summed E-state index contributed by atoms with van der Waals surface area (Å²) >= 11 is 0. The lowest BCUT2D eigenvalue weighted by Crippen LogP contribution is -2.57. The summed E-state index contributed by atoms with van der Waals surface area (Å²) in [5.74, 6) is 0.179. The van der Waals surface area contributed by atoms with Gasteiger partial charge in [-0.25, -0.2) is 9.97 Å². The number of nitrogens with one attached hydrogen (secondary N) is 2. The second-order valence-corrected chi connectivity index (χ2v) is 7.48. The fourth-order valence-electron chi connectivity index (χ4n) is 3.10. The molecule has 0 radical (unpaired) electrons. The number of aromatic nitrogens is 3. The van der Waals surface area contributed by atoms with Crippen LogP contribution in [-0.4, -0.2) is 38.8 Å². The van der Waals surface area contributed by atoms with Gasteiger partial charge in [-0.2, -0.15) is 18.2 Å². The van der Waals surface area contributed by atoms with Crippen molar-refractivity contribution < 1.29 is 23.0 Å². The van der Waals surface area contributed by atoms with Gasteiger partial charge in [0, 0.05) is 36.0 Å². The van der Waals surface area contributed by atoms with Crippen LogP contribution in [0.2, 0.25) is 0 Å². The van der Waals surface area contributed by atoms with Crippen LogP contribution < -0.4 is 15.4 Å². The third kappa shape index (κ3) is 4.52. The van der Waals surface area contributed by atoms with Gasteiger partial charge < -0.3 is 20.5 Å². The van der Waals surface area contributed by atoms with E-state index in [0.717, 1.165) is 11.8 Å². The summed E-state index contributed by atoms with van der Waals surface area (Å²) in [6, 6.07) is 3.21. The van der Waals surface area contributed by atoms with Crippen LogP contribution in [0.15, 0.2) is 24.5 Å². The Hall–Kier alpha value is -2.62. The SMILES string of the molecule is CCOc1ncccc1CNc1ncc(C(F)(F)F)c(N[C@@H]2C[C@H](O)C2(C)C)n1. The Morgan fingerprint density at radius 3 is 2.69 bits per heavy atom. The Morgan fingerprint density at radius 2 is 2.07 bits per heavy atom. The molecule has 2 aromatic rings. The molecule has 2 heterocycles. The maximum Gasteiger partial charge on any atom is 0.421 e. The average Bonchev–Trinajstić information content (AvgIpc) is 2.66. The first-order chi connectivity index (χ1) is 13.6. The molecule has 0 bridgehead atoms. The van der Waals surface area contributed by atoms with Crippen molar-refractivity contribution in [3.63, 3.8) is 0 Å². The highest BCUT2D eigenvalue weighted by Crippen LogP contribution is 2.43. The van der Waals surface area contributed by atoms with Crippen molar-refractivity contribution in [3.8, 4) is 5.88 Å². The van der Waals surface area contributed by atoms with Gasteiger partial charge in [0.25, 0.3) is 0 Å². The molecule has 0 amide bonds. The zero-order chi connectivity index (χ0) is 21.2. The number of hydrogen-bond donors (Lipinski definition) is 3. The zero-order valence-corrected chi connectivity index (χ0v) is 16.4. The van der Waals surface area contributed by atoms with Gasteiger partial charge in [0.15, 0.2) is 0 Å². The van der Waals surface area contributed by atoms with E-state index in [2.05, 4.69) is 25.6 Å². The molecule has 1 aliphatic rings. The maximum atomic E-state index is 13.4. The molecule has 2 aromatic heterocycles. The van der Waals surface area contributed by atoms with E-state index >= 15 is 0 Å². The van der Waals surface area contributed by atoms with E-state index in [9.17, 15) is 18.3 Å². The molecular weight excluding hydrogens is 387 g/mol. The average molecular weight is 411 g/mol. The van der Waals surface area contributed by atoms with Crippen molar-refractivity contribution >= 4 is 11.8 Å². The van der Waals surface area contributed by atoms with Crippen molar-refractivity contribution in [2.75, 3.05) is 17.2 Å². The predicted molar refractivity (Wildman–Crippen MR) is 102 cm³/mol. The van der Waals surface area contributed by atoms with Crippen molar-refractivity contribution in [1.82, 2.24) is 15.0 Å². The zero-order valence-electron chi connectivity index (χ0n) is 16.4. The first-order valence-electron chi connectivity index (χ1n) is 9.32. The molecule has 0 aromatic carbocycles. The topological polar surface area (TPSA) is 92.2 Å². The number of rotatable bonds is 7. The summed E-state index contributed by atoms with van der Waals surface area (Å²) in [5.41, 5.74) is -0.768. The number of aliphatic hydroxyl groups is 1. The van der Waals surface area contributed by atoms with Crippen LogP contribution in [0.1, 0.15) is 38.3 Å². The number of pyridine rings is 1. The number of anilines is 2. The Balaban J connectivity index is 1.80. The van der Waals surface area contributed by atoms with Crippen molar-refractivity contribution in [1.29, 1.82) is 0 Å². The van der Waals surface area contributed by atoms with Crippen molar-refractivity contribution in [2.45, 2.75) is 52.1 Å². The van der Waals surface area contributed by atoms with E-state index in [1.807, 2.05) is 6.92 Å². The van der Waals surface area contributed by atoms with Gasteiger partial charge in [-0.05, 0) is 19.4 Å². The Morgan fingerprint density at radius 1 is 1.31 bits per heavy atom. The summed E-state index contributed by atoms with van der Waals surface area (Å²) < 4.78 is 45.6. The highest BCUT2D eigenvalue weighted by atomic mass is 19.4. The monoisotopic (exact) mass is 411 g/mol. The minimum atomic E-state index is -4.60. The van der Waals surface area contributed by atoms with E-state index in [0.29, 0.717) is 18.9 Å². The Kier molecular flexibility index (Phi) is 5.83. The second-order valence-electron chi connectivity index (χ2n) is 7.48. The Labute approximate surface area is 166 Å². The van der Waals surface area contributed by atoms with Crippen LogP contribution in [0.25, 0.3) is 0 Å². The molecule has 3 N–H and O–H groups in total. The van der Waals surface area contributed by atoms with Crippen LogP contribution in [-0.2, 0) is 12.7 Å². The maximum absolute atomic E-state index is 13.4. The van der Waals surface area contributed by atoms with E-state index in [-0.39, 0.29) is 24.4 Å². The lowest BCUT2D eigenvalue weighted by molar-refractivity contribution is -0.137. The summed E-state index contributed by atoms with van der Waals surface area (Å²) in [6.45, 7) is 6.11. The van der Waals surface area contributed by atoms with Gasteiger partial charge in [0.1, 0.15) is 11.4 Å². The van der Waals surface area contributed by atoms with Crippen LogP contribution in [0, 0.1) is 5.41 Å². The number of halogens is 3. The number of nitrogens with zero attached hydrogens (tertiary/aromatic N) is 3. The predicted octanol–water partition coefficient (Wildman–Crippen LogP) is 3.47. The standard InChI is InChI=1S/C19H24F3N5O2/c1-4-29-16-11(6-5-7-23-16)9-24-17-25-10-12(19(20,21)22)15(27-17)26-13-8-14(28)18(13,2)3/h5-7,10,13-14,28H,4,8-9H2,1-3H3,(H2,24,25,26,27)/t13-,14+/m1/s1. The molecule has 158 valence electrons. The third-order valence-corrected chi connectivity index (χ3v) is 5.19. The molecule has 0 saturated heterocycles. The third-order valence-electron chi connectivity index (χ3n) is 5.19. The lowest BCUT2D eigenvalue weighted by Gasteiger charge is -2.49. The second kappa shape index (κ2) is 8.02. The van der Waals surface area contributed by atoms with Crippen LogP contribution in [0.5, 0.6) is 5.88 Å². The van der Waals surface area contributed by atoms with Gasteiger partial charge in [0.2, 0.25) is 11.8 Å². The molecule has 29 heavy (non-hydrogen) atoms. The molecule has 7 nitrogen and oxygen atoms in total. The molecule has 3 rings (SSSR count). The largest absolute Gasteiger partial charge is 0.478 e. The number of aliphatic hydroxyl groups excluding tert-OH is 1. The molecule has 0 aliphatic heterocycles. The number of ether oxygens (including phenoxy) is 1. The van der Waals surface area contributed by atoms with Gasteiger partial charge in [-0.15, -0.1) is 0 Å². The lowest BCUT2D eigenvalue weighted by atomic mass is 9.64. The minimum absolute atomic E-state index is 0.0458. The van der Waals surface area contributed by atoms with Crippen molar-refractivity contribution in [2.24, 2.45) is 5.41 Å². The van der Waals surface area contributed by atoms with Gasteiger partial charge in [-0.3, -0.25) is 0 Å². The highest BCUT2D eigenvalue weighted by molar-refractivity contribution is 5.50. The molecule has 1 fully saturated rings.